The van der Waals surface area contributed by atoms with Gasteiger partial charge in [-0.3, -0.25) is 0 Å². The van der Waals surface area contributed by atoms with Gasteiger partial charge in [-0.2, -0.15) is 0 Å². The van der Waals surface area contributed by atoms with Gasteiger partial charge in [0.2, 0.25) is 0 Å². The topological polar surface area (TPSA) is 17.8 Å². The van der Waals surface area contributed by atoms with Gasteiger partial charge in [0.25, 0.3) is 0 Å². The minimum absolute atomic E-state index is 0.921. The van der Waals surface area contributed by atoms with E-state index in [1.807, 2.05) is 24.0 Å². The minimum atomic E-state index is 0.921. The van der Waals surface area contributed by atoms with Gasteiger partial charge < -0.3 is 4.57 Å². The van der Waals surface area contributed by atoms with Crippen molar-refractivity contribution in [2.75, 3.05) is 0 Å². The van der Waals surface area contributed by atoms with Crippen molar-refractivity contribution in [2.24, 2.45) is 7.05 Å². The lowest BCUT2D eigenvalue weighted by molar-refractivity contribution is 0.779. The van der Waals surface area contributed by atoms with E-state index in [1.165, 1.54) is 0 Å². The highest BCUT2D eigenvalue weighted by molar-refractivity contribution is 4.90. The summed E-state index contributed by atoms with van der Waals surface area (Å²) in [7, 11) is 2.00. The molecular weight excluding hydrogens is 112 g/mol. The van der Waals surface area contributed by atoms with Crippen molar-refractivity contribution < 1.29 is 0 Å². The lowest BCUT2D eigenvalue weighted by Crippen LogP contribution is -1.95. The SMILES string of the molecule is [CH2]CCc1nccn1C. The zero-order chi connectivity index (χ0) is 6.69. The van der Waals surface area contributed by atoms with Crippen molar-refractivity contribution >= 4 is 0 Å². The van der Waals surface area contributed by atoms with Crippen LogP contribution < -0.4 is 0 Å². The molecule has 1 rings (SSSR count). The molecule has 0 fully saturated rings. The van der Waals surface area contributed by atoms with Crippen LogP contribution in [0.2, 0.25) is 0 Å². The first-order valence-corrected chi connectivity index (χ1v) is 3.10. The quantitative estimate of drug-likeness (QED) is 0.577. The molecule has 1 aromatic rings. The van der Waals surface area contributed by atoms with Gasteiger partial charge in [0.05, 0.1) is 0 Å². The molecular formula is C7H11N2. The Morgan fingerprint density at radius 2 is 2.56 bits per heavy atom. The number of imidazole rings is 1. The summed E-state index contributed by atoms with van der Waals surface area (Å²) in [6.07, 6.45) is 5.66. The van der Waals surface area contributed by atoms with E-state index in [-0.39, 0.29) is 0 Å². The Kier molecular flexibility index (Phi) is 1.88. The first-order chi connectivity index (χ1) is 4.34. The number of rotatable bonds is 2. The Labute approximate surface area is 55.5 Å². The van der Waals surface area contributed by atoms with Crippen LogP contribution in [0, 0.1) is 6.92 Å². The summed E-state index contributed by atoms with van der Waals surface area (Å²) in [5.41, 5.74) is 0. The second-order valence-electron chi connectivity index (χ2n) is 2.06. The maximum Gasteiger partial charge on any atom is 0.108 e. The fraction of sp³-hybridized carbons (Fsp3) is 0.429. The van der Waals surface area contributed by atoms with Crippen LogP contribution in [-0.2, 0) is 13.5 Å². The van der Waals surface area contributed by atoms with Crippen molar-refractivity contribution in [1.82, 2.24) is 9.55 Å². The number of aryl methyl sites for hydroxylation is 2. The summed E-state index contributed by atoms with van der Waals surface area (Å²) in [5, 5.41) is 0. The van der Waals surface area contributed by atoms with Gasteiger partial charge in [-0.25, -0.2) is 4.98 Å². The predicted molar refractivity (Wildman–Crippen MR) is 36.9 cm³/mol. The molecule has 0 aliphatic heterocycles. The van der Waals surface area contributed by atoms with Crippen LogP contribution in [0.5, 0.6) is 0 Å². The molecule has 2 nitrogen and oxygen atoms in total. The molecule has 0 atom stereocenters. The second kappa shape index (κ2) is 2.67. The van der Waals surface area contributed by atoms with E-state index in [2.05, 4.69) is 11.9 Å². The van der Waals surface area contributed by atoms with Crippen molar-refractivity contribution in [3.63, 3.8) is 0 Å². The highest BCUT2D eigenvalue weighted by atomic mass is 15.0. The monoisotopic (exact) mass is 123 g/mol. The first kappa shape index (κ1) is 6.33. The fourth-order valence-corrected chi connectivity index (χ4v) is 0.795. The zero-order valence-corrected chi connectivity index (χ0v) is 5.67. The molecule has 0 aromatic carbocycles. The number of aromatic nitrogens is 2. The molecule has 0 aliphatic rings. The Hall–Kier alpha value is -0.790. The summed E-state index contributed by atoms with van der Waals surface area (Å²) >= 11 is 0. The smallest absolute Gasteiger partial charge is 0.108 e. The van der Waals surface area contributed by atoms with Crippen LogP contribution in [0.1, 0.15) is 12.2 Å². The normalized spacial score (nSPS) is 10.0. The number of nitrogens with zero attached hydrogens (tertiary/aromatic N) is 2. The Bertz CT molecular complexity index is 179. The molecule has 0 amide bonds. The Balaban J connectivity index is 2.69. The van der Waals surface area contributed by atoms with Crippen molar-refractivity contribution in [3.05, 3.63) is 25.1 Å². The summed E-state index contributed by atoms with van der Waals surface area (Å²) < 4.78 is 2.02. The van der Waals surface area contributed by atoms with E-state index in [4.69, 9.17) is 0 Å². The third-order valence-electron chi connectivity index (χ3n) is 1.32. The highest BCUT2D eigenvalue weighted by Crippen LogP contribution is 1.96. The molecule has 0 spiro atoms. The molecule has 0 saturated heterocycles. The van der Waals surface area contributed by atoms with Gasteiger partial charge in [-0.1, -0.05) is 6.92 Å². The van der Waals surface area contributed by atoms with Gasteiger partial charge in [-0.05, 0) is 6.42 Å². The van der Waals surface area contributed by atoms with Crippen LogP contribution in [0.15, 0.2) is 12.4 Å². The lowest BCUT2D eigenvalue weighted by Gasteiger charge is -1.95. The Morgan fingerprint density at radius 3 is 3.00 bits per heavy atom. The zero-order valence-electron chi connectivity index (χ0n) is 5.67. The van der Waals surface area contributed by atoms with Gasteiger partial charge in [0, 0.05) is 25.9 Å². The minimum Gasteiger partial charge on any atom is -0.338 e. The van der Waals surface area contributed by atoms with Gasteiger partial charge in [-0.15, -0.1) is 0 Å². The van der Waals surface area contributed by atoms with E-state index in [1.54, 1.807) is 0 Å². The average molecular weight is 123 g/mol. The summed E-state index contributed by atoms with van der Waals surface area (Å²) in [4.78, 5) is 4.13. The molecule has 0 saturated carbocycles. The average Bonchev–Trinajstić information content (AvgIpc) is 2.18. The van der Waals surface area contributed by atoms with Gasteiger partial charge in [0.15, 0.2) is 0 Å². The van der Waals surface area contributed by atoms with E-state index >= 15 is 0 Å². The molecule has 0 unspecified atom stereocenters. The Morgan fingerprint density at radius 1 is 1.78 bits per heavy atom. The first-order valence-electron chi connectivity index (χ1n) is 3.10. The molecule has 1 aromatic heterocycles. The van der Waals surface area contributed by atoms with Crippen molar-refractivity contribution in [2.45, 2.75) is 12.8 Å². The molecule has 1 heterocycles. The maximum absolute atomic E-state index is 4.13. The summed E-state index contributed by atoms with van der Waals surface area (Å²) in [6.45, 7) is 3.75. The van der Waals surface area contributed by atoms with E-state index in [0.29, 0.717) is 0 Å². The third-order valence-corrected chi connectivity index (χ3v) is 1.32. The van der Waals surface area contributed by atoms with Crippen LogP contribution in [0.25, 0.3) is 0 Å². The largest absolute Gasteiger partial charge is 0.338 e. The van der Waals surface area contributed by atoms with E-state index in [0.717, 1.165) is 18.7 Å². The molecule has 1 radical (unpaired) electrons. The third kappa shape index (κ3) is 1.31. The van der Waals surface area contributed by atoms with Crippen molar-refractivity contribution in [3.8, 4) is 0 Å². The molecule has 0 aliphatic carbocycles. The summed E-state index contributed by atoms with van der Waals surface area (Å²) in [5.74, 6) is 1.12. The van der Waals surface area contributed by atoms with Crippen LogP contribution >= 0.6 is 0 Å². The summed E-state index contributed by atoms with van der Waals surface area (Å²) in [6, 6.07) is 0. The maximum atomic E-state index is 4.13. The number of hydrogen-bond donors (Lipinski definition) is 0. The predicted octanol–water partition coefficient (Wildman–Crippen LogP) is 1.19. The fourth-order valence-electron chi connectivity index (χ4n) is 0.795. The molecule has 2 heteroatoms. The number of hydrogen-bond acceptors (Lipinski definition) is 1. The van der Waals surface area contributed by atoms with Crippen LogP contribution in [-0.4, -0.2) is 9.55 Å². The van der Waals surface area contributed by atoms with Crippen LogP contribution in [0.3, 0.4) is 0 Å². The second-order valence-corrected chi connectivity index (χ2v) is 2.06. The van der Waals surface area contributed by atoms with Gasteiger partial charge in [0.1, 0.15) is 5.82 Å². The van der Waals surface area contributed by atoms with Crippen LogP contribution in [0.4, 0.5) is 0 Å². The van der Waals surface area contributed by atoms with E-state index < -0.39 is 0 Å². The highest BCUT2D eigenvalue weighted by Gasteiger charge is 1.93. The van der Waals surface area contributed by atoms with E-state index in [9.17, 15) is 0 Å². The molecule has 0 bridgehead atoms. The lowest BCUT2D eigenvalue weighted by atomic mass is 10.3. The standard InChI is InChI=1S/C7H11N2/c1-3-4-7-8-5-6-9(7)2/h5-6H,1,3-4H2,2H3. The molecule has 9 heavy (non-hydrogen) atoms. The molecule has 0 N–H and O–H groups in total. The van der Waals surface area contributed by atoms with Crippen molar-refractivity contribution in [1.29, 1.82) is 0 Å². The molecule has 49 valence electrons. The van der Waals surface area contributed by atoms with Gasteiger partial charge >= 0.3 is 0 Å².